The zero-order valence-corrected chi connectivity index (χ0v) is 12.3. The minimum absolute atomic E-state index is 0.0528. The standard InChI is InChI=1S/C12H16N4O3S/c1-6(2)16-11(13)14-15-12(16)20-5-8-4-9(10(17)18)19-7(8)3/h4,6H,5H2,1-3H3,(H2,13,14)(H,17,18). The van der Waals surface area contributed by atoms with Crippen LogP contribution in [0.3, 0.4) is 0 Å². The van der Waals surface area contributed by atoms with Gasteiger partial charge in [-0.1, -0.05) is 11.8 Å². The lowest BCUT2D eigenvalue weighted by Gasteiger charge is -2.10. The van der Waals surface area contributed by atoms with Gasteiger partial charge in [0.05, 0.1) is 0 Å². The molecule has 0 aliphatic heterocycles. The molecule has 0 saturated carbocycles. The largest absolute Gasteiger partial charge is 0.475 e. The normalized spacial score (nSPS) is 11.2. The van der Waals surface area contributed by atoms with E-state index in [-0.39, 0.29) is 11.8 Å². The highest BCUT2D eigenvalue weighted by Crippen LogP contribution is 2.28. The van der Waals surface area contributed by atoms with Gasteiger partial charge >= 0.3 is 5.97 Å². The Morgan fingerprint density at radius 2 is 2.25 bits per heavy atom. The van der Waals surface area contributed by atoms with E-state index in [0.29, 0.717) is 22.6 Å². The Balaban J connectivity index is 2.15. The van der Waals surface area contributed by atoms with Crippen molar-refractivity contribution in [2.45, 2.75) is 37.7 Å². The summed E-state index contributed by atoms with van der Waals surface area (Å²) in [6.07, 6.45) is 0. The number of aryl methyl sites for hydroxylation is 1. The summed E-state index contributed by atoms with van der Waals surface area (Å²) >= 11 is 1.44. The molecule has 2 heterocycles. The maximum absolute atomic E-state index is 10.8. The van der Waals surface area contributed by atoms with Gasteiger partial charge in [0, 0.05) is 17.4 Å². The van der Waals surface area contributed by atoms with Crippen LogP contribution in [-0.4, -0.2) is 25.8 Å². The Hall–Kier alpha value is -1.96. The number of nitrogens with two attached hydrogens (primary N) is 1. The molecule has 20 heavy (non-hydrogen) atoms. The highest BCUT2D eigenvalue weighted by atomic mass is 32.2. The maximum Gasteiger partial charge on any atom is 0.371 e. The number of thioether (sulfide) groups is 1. The lowest BCUT2D eigenvalue weighted by atomic mass is 10.3. The molecule has 0 aliphatic rings. The maximum atomic E-state index is 10.8. The number of nitrogen functional groups attached to an aromatic ring is 1. The second-order valence-electron chi connectivity index (χ2n) is 4.59. The van der Waals surface area contributed by atoms with Crippen LogP contribution in [0, 0.1) is 6.92 Å². The van der Waals surface area contributed by atoms with Crippen molar-refractivity contribution in [2.75, 3.05) is 5.73 Å². The summed E-state index contributed by atoms with van der Waals surface area (Å²) in [5.74, 6) is 0.394. The predicted octanol–water partition coefficient (Wildman–Crippen LogP) is 2.33. The van der Waals surface area contributed by atoms with Gasteiger partial charge in [-0.25, -0.2) is 4.79 Å². The number of carboxylic acids is 1. The molecule has 0 spiro atoms. The first-order valence-corrected chi connectivity index (χ1v) is 7.04. The minimum atomic E-state index is -1.07. The van der Waals surface area contributed by atoms with E-state index in [0.717, 1.165) is 5.56 Å². The van der Waals surface area contributed by atoms with Gasteiger partial charge in [0.25, 0.3) is 0 Å². The van der Waals surface area contributed by atoms with E-state index in [9.17, 15) is 4.79 Å². The molecule has 0 amide bonds. The topological polar surface area (TPSA) is 107 Å². The lowest BCUT2D eigenvalue weighted by molar-refractivity contribution is 0.0661. The van der Waals surface area contributed by atoms with Crippen LogP contribution in [0.25, 0.3) is 0 Å². The molecule has 2 aromatic heterocycles. The number of carbonyl (C=O) groups is 1. The van der Waals surface area contributed by atoms with Crippen molar-refractivity contribution in [1.82, 2.24) is 14.8 Å². The third-order valence-electron chi connectivity index (χ3n) is 2.80. The molecule has 0 bridgehead atoms. The molecule has 3 N–H and O–H groups in total. The molecule has 108 valence electrons. The molecule has 0 fully saturated rings. The quantitative estimate of drug-likeness (QED) is 0.815. The van der Waals surface area contributed by atoms with Crippen molar-refractivity contribution < 1.29 is 14.3 Å². The molecular formula is C12H16N4O3S. The minimum Gasteiger partial charge on any atom is -0.475 e. The first-order valence-electron chi connectivity index (χ1n) is 6.06. The Morgan fingerprint density at radius 1 is 1.55 bits per heavy atom. The number of nitrogens with zero attached hydrogens (tertiary/aromatic N) is 3. The first-order chi connectivity index (χ1) is 9.40. The van der Waals surface area contributed by atoms with Crippen molar-refractivity contribution >= 4 is 23.7 Å². The second-order valence-corrected chi connectivity index (χ2v) is 5.53. The van der Waals surface area contributed by atoms with Crippen molar-refractivity contribution in [1.29, 1.82) is 0 Å². The molecular weight excluding hydrogens is 280 g/mol. The van der Waals surface area contributed by atoms with Gasteiger partial charge in [0.2, 0.25) is 11.7 Å². The van der Waals surface area contributed by atoms with Crippen molar-refractivity contribution in [2.24, 2.45) is 0 Å². The summed E-state index contributed by atoms with van der Waals surface area (Å²) in [7, 11) is 0. The summed E-state index contributed by atoms with van der Waals surface area (Å²) in [6.45, 7) is 5.73. The Labute approximate surface area is 120 Å². The number of furan rings is 1. The number of aromatic carboxylic acids is 1. The fourth-order valence-corrected chi connectivity index (χ4v) is 2.90. The number of aromatic nitrogens is 3. The number of hydrogen-bond donors (Lipinski definition) is 2. The van der Waals surface area contributed by atoms with Crippen LogP contribution >= 0.6 is 11.8 Å². The van der Waals surface area contributed by atoms with Crippen LogP contribution in [0.5, 0.6) is 0 Å². The molecule has 0 radical (unpaired) electrons. The summed E-state index contributed by atoms with van der Waals surface area (Å²) in [5, 5.41) is 17.5. The predicted molar refractivity (Wildman–Crippen MR) is 74.8 cm³/mol. The number of hydrogen-bond acceptors (Lipinski definition) is 6. The zero-order valence-electron chi connectivity index (χ0n) is 11.5. The third-order valence-corrected chi connectivity index (χ3v) is 3.79. The highest BCUT2D eigenvalue weighted by Gasteiger charge is 2.16. The van der Waals surface area contributed by atoms with E-state index in [1.807, 2.05) is 18.4 Å². The molecule has 8 heteroatoms. The fraction of sp³-hybridized carbons (Fsp3) is 0.417. The average Bonchev–Trinajstić information content (AvgIpc) is 2.90. The monoisotopic (exact) mass is 296 g/mol. The Morgan fingerprint density at radius 3 is 2.80 bits per heavy atom. The van der Waals surface area contributed by atoms with Crippen LogP contribution < -0.4 is 5.73 Å². The number of anilines is 1. The molecule has 0 aliphatic carbocycles. The van der Waals surface area contributed by atoms with Crippen LogP contribution in [0.4, 0.5) is 5.95 Å². The summed E-state index contributed by atoms with van der Waals surface area (Å²) < 4.78 is 7.00. The lowest BCUT2D eigenvalue weighted by Crippen LogP contribution is -2.07. The Bertz CT molecular complexity index is 633. The second kappa shape index (κ2) is 5.58. The smallest absolute Gasteiger partial charge is 0.371 e. The van der Waals surface area contributed by atoms with E-state index < -0.39 is 5.97 Å². The van der Waals surface area contributed by atoms with Gasteiger partial charge in [-0.15, -0.1) is 10.2 Å². The van der Waals surface area contributed by atoms with Gasteiger partial charge in [-0.2, -0.15) is 0 Å². The molecule has 2 aromatic rings. The number of carboxylic acid groups (broad SMARTS) is 1. The highest BCUT2D eigenvalue weighted by molar-refractivity contribution is 7.98. The van der Waals surface area contributed by atoms with Crippen molar-refractivity contribution in [3.63, 3.8) is 0 Å². The molecule has 0 unspecified atom stereocenters. The van der Waals surface area contributed by atoms with Crippen LogP contribution in [0.1, 0.15) is 41.8 Å². The summed E-state index contributed by atoms with van der Waals surface area (Å²) in [5.41, 5.74) is 6.59. The van der Waals surface area contributed by atoms with E-state index in [1.165, 1.54) is 17.8 Å². The third kappa shape index (κ3) is 2.79. The van der Waals surface area contributed by atoms with Gasteiger partial charge < -0.3 is 15.3 Å². The van der Waals surface area contributed by atoms with E-state index in [2.05, 4.69) is 10.2 Å². The van der Waals surface area contributed by atoms with Crippen molar-refractivity contribution in [3.05, 3.63) is 23.2 Å². The van der Waals surface area contributed by atoms with Gasteiger partial charge in [0.15, 0.2) is 5.16 Å². The van der Waals surface area contributed by atoms with E-state index in [1.54, 1.807) is 6.92 Å². The van der Waals surface area contributed by atoms with Crippen LogP contribution in [0.2, 0.25) is 0 Å². The summed E-state index contributed by atoms with van der Waals surface area (Å²) in [4.78, 5) is 10.8. The SMILES string of the molecule is Cc1oc(C(=O)O)cc1CSc1nnc(N)n1C(C)C. The van der Waals surface area contributed by atoms with Crippen LogP contribution in [-0.2, 0) is 5.75 Å². The fourth-order valence-electron chi connectivity index (χ4n) is 1.78. The van der Waals surface area contributed by atoms with Gasteiger partial charge in [0.1, 0.15) is 5.76 Å². The molecule has 0 saturated heterocycles. The first kappa shape index (κ1) is 14.4. The summed E-state index contributed by atoms with van der Waals surface area (Å²) in [6, 6.07) is 1.69. The van der Waals surface area contributed by atoms with E-state index in [4.69, 9.17) is 15.3 Å². The number of rotatable bonds is 5. The van der Waals surface area contributed by atoms with Gasteiger partial charge in [-0.3, -0.25) is 4.57 Å². The van der Waals surface area contributed by atoms with E-state index >= 15 is 0 Å². The zero-order chi connectivity index (χ0) is 14.9. The molecule has 7 nitrogen and oxygen atoms in total. The Kier molecular flexibility index (Phi) is 4.03. The molecule has 2 rings (SSSR count). The van der Waals surface area contributed by atoms with Crippen molar-refractivity contribution in [3.8, 4) is 0 Å². The van der Waals surface area contributed by atoms with Crippen LogP contribution in [0.15, 0.2) is 15.6 Å². The molecule has 0 atom stereocenters. The average molecular weight is 296 g/mol. The molecule has 0 aromatic carbocycles. The van der Waals surface area contributed by atoms with Gasteiger partial charge in [-0.05, 0) is 26.8 Å².